The molecule has 166 valence electrons. The van der Waals surface area contributed by atoms with Gasteiger partial charge in [0.15, 0.2) is 15.6 Å². The molecule has 1 fully saturated rings. The standard InChI is InChI=1S/C25H31NO4S/c1-18(2)31(29,30)17-19-11-13-21(14-12-19)24(27)16-20-7-6-8-22(15-20)25(28)26-23-9-4-3-5-10-23/h6-8,11-15,18,23H,3-5,9-10,16-17H2,1-2H3,(H,26,28). The molecule has 2 aromatic carbocycles. The van der Waals surface area contributed by atoms with Gasteiger partial charge in [-0.1, -0.05) is 55.7 Å². The van der Waals surface area contributed by atoms with Crippen molar-refractivity contribution in [2.45, 2.75) is 69.4 Å². The van der Waals surface area contributed by atoms with Crippen LogP contribution in [0.2, 0.25) is 0 Å². The van der Waals surface area contributed by atoms with Crippen LogP contribution < -0.4 is 5.32 Å². The summed E-state index contributed by atoms with van der Waals surface area (Å²) in [4.78, 5) is 25.3. The Morgan fingerprint density at radius 2 is 1.61 bits per heavy atom. The van der Waals surface area contributed by atoms with Gasteiger partial charge in [-0.25, -0.2) is 8.42 Å². The molecule has 6 heteroatoms. The number of amides is 1. The van der Waals surface area contributed by atoms with Gasteiger partial charge in [0.1, 0.15) is 0 Å². The molecule has 0 heterocycles. The first-order valence-corrected chi connectivity index (χ1v) is 12.7. The second-order valence-electron chi connectivity index (χ2n) is 8.66. The number of ketones is 1. The van der Waals surface area contributed by atoms with Gasteiger partial charge >= 0.3 is 0 Å². The van der Waals surface area contributed by atoms with Gasteiger partial charge in [0.2, 0.25) is 0 Å². The topological polar surface area (TPSA) is 80.3 Å². The maximum Gasteiger partial charge on any atom is 0.251 e. The Balaban J connectivity index is 1.62. The third kappa shape index (κ3) is 6.50. The fraction of sp³-hybridized carbons (Fsp3) is 0.440. The van der Waals surface area contributed by atoms with Crippen LogP contribution in [0.3, 0.4) is 0 Å². The third-order valence-corrected chi connectivity index (χ3v) is 8.03. The number of benzene rings is 2. The molecule has 0 aromatic heterocycles. The lowest BCUT2D eigenvalue weighted by atomic mass is 9.95. The Hall–Kier alpha value is -2.47. The molecular weight excluding hydrogens is 410 g/mol. The minimum atomic E-state index is -3.18. The largest absolute Gasteiger partial charge is 0.349 e. The molecule has 1 N–H and O–H groups in total. The van der Waals surface area contributed by atoms with E-state index >= 15 is 0 Å². The number of carbonyl (C=O) groups excluding carboxylic acids is 2. The third-order valence-electron chi connectivity index (χ3n) is 5.86. The minimum Gasteiger partial charge on any atom is -0.349 e. The van der Waals surface area contributed by atoms with Crippen LogP contribution in [0.4, 0.5) is 0 Å². The van der Waals surface area contributed by atoms with Gasteiger partial charge in [0, 0.05) is 23.6 Å². The average molecular weight is 442 g/mol. The molecule has 3 rings (SSSR count). The molecule has 0 aliphatic heterocycles. The van der Waals surface area contributed by atoms with E-state index in [2.05, 4.69) is 5.32 Å². The van der Waals surface area contributed by atoms with Crippen molar-refractivity contribution in [3.63, 3.8) is 0 Å². The summed E-state index contributed by atoms with van der Waals surface area (Å²) in [7, 11) is -3.18. The maximum absolute atomic E-state index is 12.7. The Kier molecular flexibility index (Phi) is 7.65. The van der Waals surface area contributed by atoms with Gasteiger partial charge in [-0.3, -0.25) is 9.59 Å². The lowest BCUT2D eigenvalue weighted by molar-refractivity contribution is 0.0925. The fourth-order valence-corrected chi connectivity index (χ4v) is 4.80. The Morgan fingerprint density at radius 3 is 2.26 bits per heavy atom. The molecule has 1 aliphatic rings. The molecule has 0 saturated heterocycles. The second kappa shape index (κ2) is 10.2. The van der Waals surface area contributed by atoms with Crippen LogP contribution in [0.5, 0.6) is 0 Å². The van der Waals surface area contributed by atoms with E-state index in [9.17, 15) is 18.0 Å². The summed E-state index contributed by atoms with van der Waals surface area (Å²) in [5, 5.41) is 2.67. The molecule has 2 aromatic rings. The zero-order valence-electron chi connectivity index (χ0n) is 18.3. The van der Waals surface area contributed by atoms with Crippen molar-refractivity contribution in [3.8, 4) is 0 Å². The van der Waals surface area contributed by atoms with E-state index in [1.165, 1.54) is 6.42 Å². The van der Waals surface area contributed by atoms with Crippen LogP contribution in [-0.4, -0.2) is 31.4 Å². The molecule has 1 saturated carbocycles. The SMILES string of the molecule is CC(C)S(=O)(=O)Cc1ccc(C(=O)Cc2cccc(C(=O)NC3CCCCC3)c2)cc1. The molecule has 1 amide bonds. The van der Waals surface area contributed by atoms with Crippen LogP contribution in [0, 0.1) is 0 Å². The van der Waals surface area contributed by atoms with Crippen molar-refractivity contribution >= 4 is 21.5 Å². The highest BCUT2D eigenvalue weighted by atomic mass is 32.2. The highest BCUT2D eigenvalue weighted by Gasteiger charge is 2.18. The van der Waals surface area contributed by atoms with E-state index in [-0.39, 0.29) is 29.9 Å². The number of carbonyl (C=O) groups is 2. The van der Waals surface area contributed by atoms with Crippen molar-refractivity contribution in [1.82, 2.24) is 5.32 Å². The summed E-state index contributed by atoms with van der Waals surface area (Å²) >= 11 is 0. The quantitative estimate of drug-likeness (QED) is 0.612. The lowest BCUT2D eigenvalue weighted by Gasteiger charge is -2.22. The number of rotatable bonds is 8. The molecule has 0 atom stereocenters. The summed E-state index contributed by atoms with van der Waals surface area (Å²) < 4.78 is 24.1. The lowest BCUT2D eigenvalue weighted by Crippen LogP contribution is -2.36. The van der Waals surface area contributed by atoms with E-state index in [4.69, 9.17) is 0 Å². The number of hydrogen-bond acceptors (Lipinski definition) is 4. The summed E-state index contributed by atoms with van der Waals surface area (Å²) in [5.41, 5.74) is 2.56. The number of sulfone groups is 1. The Morgan fingerprint density at radius 1 is 0.935 bits per heavy atom. The first-order chi connectivity index (χ1) is 14.7. The van der Waals surface area contributed by atoms with E-state index in [0.29, 0.717) is 16.7 Å². The fourth-order valence-electron chi connectivity index (χ4n) is 3.81. The van der Waals surface area contributed by atoms with Gasteiger partial charge in [0.25, 0.3) is 5.91 Å². The highest BCUT2D eigenvalue weighted by molar-refractivity contribution is 7.91. The van der Waals surface area contributed by atoms with Gasteiger partial charge in [-0.05, 0) is 49.9 Å². The predicted octanol–water partition coefficient (Wildman–Crippen LogP) is 4.50. The van der Waals surface area contributed by atoms with Crippen molar-refractivity contribution in [1.29, 1.82) is 0 Å². The molecule has 0 radical (unpaired) electrons. The van der Waals surface area contributed by atoms with Gasteiger partial charge in [-0.2, -0.15) is 0 Å². The second-order valence-corrected chi connectivity index (χ2v) is 11.2. The number of nitrogens with one attached hydrogen (secondary N) is 1. The van der Waals surface area contributed by atoms with E-state index < -0.39 is 15.1 Å². The van der Waals surface area contributed by atoms with Crippen LogP contribution in [-0.2, 0) is 22.0 Å². The summed E-state index contributed by atoms with van der Waals surface area (Å²) in [6, 6.07) is 14.2. The monoisotopic (exact) mass is 441 g/mol. The first-order valence-electron chi connectivity index (χ1n) is 11.0. The van der Waals surface area contributed by atoms with E-state index in [0.717, 1.165) is 31.2 Å². The maximum atomic E-state index is 12.7. The predicted molar refractivity (Wildman–Crippen MR) is 123 cm³/mol. The van der Waals surface area contributed by atoms with Crippen molar-refractivity contribution in [2.24, 2.45) is 0 Å². The highest BCUT2D eigenvalue weighted by Crippen LogP contribution is 2.18. The molecule has 0 unspecified atom stereocenters. The molecule has 1 aliphatic carbocycles. The van der Waals surface area contributed by atoms with Crippen LogP contribution in [0.25, 0.3) is 0 Å². The zero-order chi connectivity index (χ0) is 22.4. The summed E-state index contributed by atoms with van der Waals surface area (Å²) in [5.74, 6) is -0.183. The molecule has 0 spiro atoms. The van der Waals surface area contributed by atoms with Crippen LogP contribution in [0.15, 0.2) is 48.5 Å². The smallest absolute Gasteiger partial charge is 0.251 e. The van der Waals surface area contributed by atoms with Crippen molar-refractivity contribution in [3.05, 3.63) is 70.8 Å². The van der Waals surface area contributed by atoms with E-state index in [1.807, 2.05) is 6.07 Å². The molecule has 31 heavy (non-hydrogen) atoms. The van der Waals surface area contributed by atoms with Crippen molar-refractivity contribution in [2.75, 3.05) is 0 Å². The zero-order valence-corrected chi connectivity index (χ0v) is 19.1. The Bertz CT molecular complexity index is 1020. The first kappa shape index (κ1) is 23.2. The average Bonchev–Trinajstić information content (AvgIpc) is 2.74. The minimum absolute atomic E-state index is 0.0305. The van der Waals surface area contributed by atoms with Crippen LogP contribution in [0.1, 0.15) is 77.8 Å². The molecule has 0 bridgehead atoms. The number of Topliss-reactive ketones (excluding diaryl/α,β-unsaturated/α-hetero) is 1. The Labute approximate surface area is 185 Å². The number of hydrogen-bond donors (Lipinski definition) is 1. The van der Waals surface area contributed by atoms with Gasteiger partial charge < -0.3 is 5.32 Å². The molecule has 5 nitrogen and oxygen atoms in total. The molecular formula is C25H31NO4S. The van der Waals surface area contributed by atoms with Crippen LogP contribution >= 0.6 is 0 Å². The summed E-state index contributed by atoms with van der Waals surface area (Å²) in [6.07, 6.45) is 5.78. The van der Waals surface area contributed by atoms with Gasteiger partial charge in [0.05, 0.1) is 11.0 Å². The van der Waals surface area contributed by atoms with Crippen molar-refractivity contribution < 1.29 is 18.0 Å². The normalized spacial score (nSPS) is 15.1. The summed E-state index contributed by atoms with van der Waals surface area (Å²) in [6.45, 7) is 3.33. The van der Waals surface area contributed by atoms with E-state index in [1.54, 1.807) is 56.3 Å². The van der Waals surface area contributed by atoms with Gasteiger partial charge in [-0.15, -0.1) is 0 Å².